The Balaban J connectivity index is 1.86. The summed E-state index contributed by atoms with van der Waals surface area (Å²) in [5.41, 5.74) is 2.39. The lowest BCUT2D eigenvalue weighted by Crippen LogP contribution is -2.13. The van der Waals surface area contributed by atoms with Crippen molar-refractivity contribution in [2.75, 3.05) is 10.0 Å². The Hall–Kier alpha value is -3.39. The van der Waals surface area contributed by atoms with Gasteiger partial charge in [-0.2, -0.15) is 0 Å². The normalized spacial score (nSPS) is 11.0. The Bertz CT molecular complexity index is 1100. The average molecular weight is 397 g/mol. The molecule has 3 aromatic carbocycles. The van der Waals surface area contributed by atoms with Gasteiger partial charge in [0.1, 0.15) is 5.69 Å². The first-order chi connectivity index (χ1) is 13.4. The van der Waals surface area contributed by atoms with Crippen molar-refractivity contribution < 1.29 is 13.3 Å². The van der Waals surface area contributed by atoms with Gasteiger partial charge in [0.05, 0.1) is 9.82 Å². The molecule has 0 aromatic heterocycles. The van der Waals surface area contributed by atoms with Crippen molar-refractivity contribution in [1.29, 1.82) is 0 Å². The van der Waals surface area contributed by atoms with E-state index in [1.54, 1.807) is 30.3 Å². The summed E-state index contributed by atoms with van der Waals surface area (Å²) in [6, 6.07) is 19.9. The number of nitro groups is 1. The zero-order valence-corrected chi connectivity index (χ0v) is 15.9. The fourth-order valence-electron chi connectivity index (χ4n) is 2.70. The molecular formula is C20H19N3O4S. The van der Waals surface area contributed by atoms with Gasteiger partial charge in [0.25, 0.3) is 15.7 Å². The number of para-hydroxylation sites is 1. The van der Waals surface area contributed by atoms with Gasteiger partial charge in [-0.1, -0.05) is 42.5 Å². The Labute approximate surface area is 163 Å². The summed E-state index contributed by atoms with van der Waals surface area (Å²) >= 11 is 0. The maximum atomic E-state index is 12.6. The fourth-order valence-corrected chi connectivity index (χ4v) is 3.78. The smallest absolute Gasteiger partial charge is 0.293 e. The van der Waals surface area contributed by atoms with Gasteiger partial charge in [-0.15, -0.1) is 0 Å². The number of aryl methyl sites for hydroxylation is 1. The number of sulfonamides is 1. The van der Waals surface area contributed by atoms with Crippen molar-refractivity contribution in [2.24, 2.45) is 0 Å². The summed E-state index contributed by atoms with van der Waals surface area (Å²) in [6.07, 6.45) is 0. The zero-order valence-electron chi connectivity index (χ0n) is 15.1. The lowest BCUT2D eigenvalue weighted by atomic mass is 10.1. The molecule has 0 aliphatic carbocycles. The van der Waals surface area contributed by atoms with Crippen LogP contribution in [0.4, 0.5) is 17.1 Å². The van der Waals surface area contributed by atoms with Crippen LogP contribution < -0.4 is 10.0 Å². The van der Waals surface area contributed by atoms with E-state index in [0.717, 1.165) is 17.2 Å². The Kier molecular flexibility index (Phi) is 5.60. The maximum absolute atomic E-state index is 12.6. The molecule has 8 heteroatoms. The molecule has 0 radical (unpaired) electrons. The molecule has 3 aromatic rings. The van der Waals surface area contributed by atoms with Crippen LogP contribution in [0.25, 0.3) is 0 Å². The molecule has 0 aliphatic heterocycles. The second kappa shape index (κ2) is 8.10. The summed E-state index contributed by atoms with van der Waals surface area (Å²) in [5, 5.41) is 14.5. The highest BCUT2D eigenvalue weighted by Gasteiger charge is 2.21. The topological polar surface area (TPSA) is 101 Å². The minimum absolute atomic E-state index is 0.176. The number of nitrogens with one attached hydrogen (secondary N) is 2. The van der Waals surface area contributed by atoms with Crippen LogP contribution in [0.2, 0.25) is 0 Å². The van der Waals surface area contributed by atoms with E-state index in [4.69, 9.17) is 0 Å². The maximum Gasteiger partial charge on any atom is 0.293 e. The SMILES string of the molecule is Cc1ccccc1CNc1ccc(S(=O)(=O)Nc2ccccc2)cc1[N+](=O)[O-]. The molecule has 7 nitrogen and oxygen atoms in total. The predicted molar refractivity (Wildman–Crippen MR) is 109 cm³/mol. The van der Waals surface area contributed by atoms with Crippen LogP contribution in [0.15, 0.2) is 77.7 Å². The second-order valence-corrected chi connectivity index (χ2v) is 7.87. The molecule has 28 heavy (non-hydrogen) atoms. The highest BCUT2D eigenvalue weighted by molar-refractivity contribution is 7.92. The Morgan fingerprint density at radius 1 is 0.964 bits per heavy atom. The molecule has 0 unspecified atom stereocenters. The molecule has 0 amide bonds. The highest BCUT2D eigenvalue weighted by Crippen LogP contribution is 2.29. The van der Waals surface area contributed by atoms with Crippen LogP contribution in [0.3, 0.4) is 0 Å². The van der Waals surface area contributed by atoms with Gasteiger partial charge in [0, 0.05) is 18.3 Å². The van der Waals surface area contributed by atoms with Crippen molar-refractivity contribution in [3.05, 3.63) is 94.0 Å². The largest absolute Gasteiger partial charge is 0.375 e. The Morgan fingerprint density at radius 3 is 2.32 bits per heavy atom. The van der Waals surface area contributed by atoms with Gasteiger partial charge in [-0.25, -0.2) is 8.42 Å². The van der Waals surface area contributed by atoms with Gasteiger partial charge in [-0.05, 0) is 42.3 Å². The molecule has 144 valence electrons. The third-order valence-corrected chi connectivity index (χ3v) is 5.61. The number of hydrogen-bond donors (Lipinski definition) is 2. The molecule has 0 bridgehead atoms. The summed E-state index contributed by atoms with van der Waals surface area (Å²) < 4.78 is 27.5. The van der Waals surface area contributed by atoms with Crippen molar-refractivity contribution in [3.8, 4) is 0 Å². The monoisotopic (exact) mass is 397 g/mol. The standard InChI is InChI=1S/C20H19N3O4S/c1-15-7-5-6-8-16(15)14-21-19-12-11-18(13-20(19)23(24)25)28(26,27)22-17-9-3-2-4-10-17/h2-13,21-22H,14H2,1H3. The first-order valence-electron chi connectivity index (χ1n) is 8.51. The molecular weight excluding hydrogens is 378 g/mol. The molecule has 2 N–H and O–H groups in total. The van der Waals surface area contributed by atoms with Crippen molar-refractivity contribution in [1.82, 2.24) is 0 Å². The number of rotatable bonds is 7. The van der Waals surface area contributed by atoms with Crippen molar-refractivity contribution >= 4 is 27.1 Å². The zero-order chi connectivity index (χ0) is 20.1. The van der Waals surface area contributed by atoms with E-state index in [0.29, 0.717) is 12.2 Å². The molecule has 0 saturated heterocycles. The van der Waals surface area contributed by atoms with Gasteiger partial charge < -0.3 is 5.32 Å². The third kappa shape index (κ3) is 4.47. The van der Waals surface area contributed by atoms with E-state index in [1.807, 2.05) is 31.2 Å². The number of anilines is 2. The minimum Gasteiger partial charge on any atom is -0.375 e. The molecule has 0 heterocycles. The molecule has 3 rings (SSSR count). The number of nitro benzene ring substituents is 1. The molecule has 0 atom stereocenters. The van der Waals surface area contributed by atoms with Crippen LogP contribution in [0, 0.1) is 17.0 Å². The summed E-state index contributed by atoms with van der Waals surface area (Å²) in [5.74, 6) is 0. The molecule has 0 fully saturated rings. The fraction of sp³-hybridized carbons (Fsp3) is 0.100. The predicted octanol–water partition coefficient (Wildman–Crippen LogP) is 4.32. The van der Waals surface area contributed by atoms with Gasteiger partial charge in [0.2, 0.25) is 0 Å². The number of benzene rings is 3. The van der Waals surface area contributed by atoms with E-state index in [2.05, 4.69) is 10.0 Å². The Morgan fingerprint density at radius 2 is 1.64 bits per heavy atom. The first kappa shape index (κ1) is 19.4. The van der Waals surface area contributed by atoms with Crippen LogP contribution in [-0.2, 0) is 16.6 Å². The van der Waals surface area contributed by atoms with Crippen LogP contribution in [0.5, 0.6) is 0 Å². The van der Waals surface area contributed by atoms with Crippen LogP contribution in [-0.4, -0.2) is 13.3 Å². The van der Waals surface area contributed by atoms with E-state index in [9.17, 15) is 18.5 Å². The molecule has 0 spiro atoms. The lowest BCUT2D eigenvalue weighted by Gasteiger charge is -2.12. The second-order valence-electron chi connectivity index (χ2n) is 6.19. The molecule has 0 saturated carbocycles. The van der Waals surface area contributed by atoms with E-state index < -0.39 is 14.9 Å². The highest BCUT2D eigenvalue weighted by atomic mass is 32.2. The van der Waals surface area contributed by atoms with Crippen LogP contribution >= 0.6 is 0 Å². The van der Waals surface area contributed by atoms with E-state index in [-0.39, 0.29) is 16.3 Å². The minimum atomic E-state index is -3.94. The van der Waals surface area contributed by atoms with Crippen LogP contribution in [0.1, 0.15) is 11.1 Å². The van der Waals surface area contributed by atoms with Crippen molar-refractivity contribution in [2.45, 2.75) is 18.4 Å². The summed E-state index contributed by atoms with van der Waals surface area (Å²) in [4.78, 5) is 10.7. The molecule has 0 aliphatic rings. The number of nitrogens with zero attached hydrogens (tertiary/aromatic N) is 1. The number of hydrogen-bond acceptors (Lipinski definition) is 5. The van der Waals surface area contributed by atoms with E-state index in [1.165, 1.54) is 12.1 Å². The summed E-state index contributed by atoms with van der Waals surface area (Å²) in [7, 11) is -3.94. The van der Waals surface area contributed by atoms with Gasteiger partial charge >= 0.3 is 0 Å². The van der Waals surface area contributed by atoms with Gasteiger partial charge in [-0.3, -0.25) is 14.8 Å². The van der Waals surface area contributed by atoms with E-state index >= 15 is 0 Å². The first-order valence-corrected chi connectivity index (χ1v) is 10.00. The van der Waals surface area contributed by atoms with Crippen molar-refractivity contribution in [3.63, 3.8) is 0 Å². The third-order valence-electron chi connectivity index (χ3n) is 4.23. The lowest BCUT2D eigenvalue weighted by molar-refractivity contribution is -0.384. The van der Waals surface area contributed by atoms with Gasteiger partial charge in [0.15, 0.2) is 0 Å². The average Bonchev–Trinajstić information content (AvgIpc) is 2.67. The quantitative estimate of drug-likeness (QED) is 0.457. The summed E-state index contributed by atoms with van der Waals surface area (Å²) in [6.45, 7) is 2.35.